The Labute approximate surface area is 170 Å². The fourth-order valence-corrected chi connectivity index (χ4v) is 3.51. The fourth-order valence-electron chi connectivity index (χ4n) is 3.51. The van der Waals surface area contributed by atoms with E-state index in [0.29, 0.717) is 36.6 Å². The van der Waals surface area contributed by atoms with Gasteiger partial charge in [-0.1, -0.05) is 18.2 Å². The van der Waals surface area contributed by atoms with Gasteiger partial charge in [0.15, 0.2) is 0 Å². The molecule has 0 spiro atoms. The monoisotopic (exact) mass is 398 g/mol. The van der Waals surface area contributed by atoms with Gasteiger partial charge in [-0.05, 0) is 51.1 Å². The van der Waals surface area contributed by atoms with Crippen LogP contribution in [-0.2, 0) is 0 Å². The third kappa shape index (κ3) is 5.04. The van der Waals surface area contributed by atoms with E-state index in [2.05, 4.69) is 10.6 Å². The van der Waals surface area contributed by atoms with E-state index in [9.17, 15) is 14.0 Å². The van der Waals surface area contributed by atoms with Gasteiger partial charge in [0.05, 0.1) is 5.69 Å². The number of carbonyl (C=O) groups is 2. The summed E-state index contributed by atoms with van der Waals surface area (Å²) in [5.41, 5.74) is 1.64. The van der Waals surface area contributed by atoms with E-state index in [0.717, 1.165) is 0 Å². The summed E-state index contributed by atoms with van der Waals surface area (Å²) < 4.78 is 14.1. The van der Waals surface area contributed by atoms with E-state index in [1.807, 2.05) is 31.7 Å². The zero-order valence-corrected chi connectivity index (χ0v) is 17.0. The van der Waals surface area contributed by atoms with Crippen molar-refractivity contribution in [2.24, 2.45) is 0 Å². The molecule has 1 atom stereocenters. The van der Waals surface area contributed by atoms with Crippen LogP contribution in [0, 0.1) is 5.82 Å². The van der Waals surface area contributed by atoms with Crippen molar-refractivity contribution >= 4 is 23.3 Å². The van der Waals surface area contributed by atoms with Crippen LogP contribution in [0.25, 0.3) is 0 Å². The molecule has 0 radical (unpaired) electrons. The number of hydrogen-bond acceptors (Lipinski definition) is 3. The highest BCUT2D eigenvalue weighted by Crippen LogP contribution is 2.23. The molecular formula is C22H27FN4O2. The minimum atomic E-state index is -0.309. The Kier molecular flexibility index (Phi) is 6.36. The number of hydrogen-bond donors (Lipinski definition) is 2. The van der Waals surface area contributed by atoms with Crippen LogP contribution in [0.1, 0.15) is 31.1 Å². The minimum absolute atomic E-state index is 0.0198. The molecular weight excluding hydrogens is 371 g/mol. The molecule has 0 saturated carbocycles. The van der Waals surface area contributed by atoms with Gasteiger partial charge in [0.25, 0.3) is 5.91 Å². The van der Waals surface area contributed by atoms with E-state index in [1.54, 1.807) is 41.3 Å². The summed E-state index contributed by atoms with van der Waals surface area (Å²) in [6.45, 7) is 7.33. The maximum atomic E-state index is 14.1. The first kappa shape index (κ1) is 20.6. The number of amides is 3. The maximum Gasteiger partial charge on any atom is 0.319 e. The van der Waals surface area contributed by atoms with Gasteiger partial charge >= 0.3 is 6.03 Å². The second-order valence-electron chi connectivity index (χ2n) is 7.58. The predicted molar refractivity (Wildman–Crippen MR) is 113 cm³/mol. The first-order valence-corrected chi connectivity index (χ1v) is 9.83. The highest BCUT2D eigenvalue weighted by molar-refractivity contribution is 5.97. The number of nitrogens with zero attached hydrogens (tertiary/aromatic N) is 2. The van der Waals surface area contributed by atoms with Crippen LogP contribution in [-0.4, -0.2) is 48.6 Å². The Morgan fingerprint density at radius 1 is 1.10 bits per heavy atom. The first-order chi connectivity index (χ1) is 13.8. The summed E-state index contributed by atoms with van der Waals surface area (Å²) in [6, 6.07) is 13.2. The smallest absolute Gasteiger partial charge is 0.319 e. The normalized spacial score (nSPS) is 16.7. The van der Waals surface area contributed by atoms with Gasteiger partial charge in [0.1, 0.15) is 5.82 Å². The number of halogens is 1. The predicted octanol–water partition coefficient (Wildman–Crippen LogP) is 3.71. The topological polar surface area (TPSA) is 64.7 Å². The lowest BCUT2D eigenvalue weighted by atomic mass is 10.1. The van der Waals surface area contributed by atoms with Crippen LogP contribution in [0.3, 0.4) is 0 Å². The SMILES string of the molecule is CC(C)NC(=O)Nc1cccc(C(=O)N2CCN(c3ccccc3F)C[C@@H]2C)c1. The Hall–Kier alpha value is -3.09. The van der Waals surface area contributed by atoms with Gasteiger partial charge in [-0.15, -0.1) is 0 Å². The summed E-state index contributed by atoms with van der Waals surface area (Å²) in [5.74, 6) is -0.350. The average Bonchev–Trinajstić information content (AvgIpc) is 2.67. The van der Waals surface area contributed by atoms with Crippen molar-refractivity contribution in [2.75, 3.05) is 29.9 Å². The molecule has 2 N–H and O–H groups in total. The van der Waals surface area contributed by atoms with Crippen LogP contribution in [0.4, 0.5) is 20.6 Å². The Balaban J connectivity index is 1.67. The van der Waals surface area contributed by atoms with E-state index < -0.39 is 0 Å². The third-order valence-electron chi connectivity index (χ3n) is 4.87. The van der Waals surface area contributed by atoms with Gasteiger partial charge in [-0.3, -0.25) is 4.79 Å². The third-order valence-corrected chi connectivity index (χ3v) is 4.87. The van der Waals surface area contributed by atoms with Crippen molar-refractivity contribution < 1.29 is 14.0 Å². The van der Waals surface area contributed by atoms with Crippen molar-refractivity contribution in [2.45, 2.75) is 32.9 Å². The zero-order chi connectivity index (χ0) is 21.0. The highest BCUT2D eigenvalue weighted by atomic mass is 19.1. The van der Waals surface area contributed by atoms with E-state index in [-0.39, 0.29) is 29.8 Å². The van der Waals surface area contributed by atoms with Gasteiger partial charge in [0.2, 0.25) is 0 Å². The summed E-state index contributed by atoms with van der Waals surface area (Å²) in [6.07, 6.45) is 0. The molecule has 0 aliphatic carbocycles. The molecule has 0 bridgehead atoms. The van der Waals surface area contributed by atoms with Crippen LogP contribution in [0.2, 0.25) is 0 Å². The lowest BCUT2D eigenvalue weighted by Gasteiger charge is -2.41. The molecule has 3 amide bonds. The molecule has 1 fully saturated rings. The number of carbonyl (C=O) groups excluding carboxylic acids is 2. The molecule has 7 heteroatoms. The van der Waals surface area contributed by atoms with Crippen molar-refractivity contribution in [3.8, 4) is 0 Å². The molecule has 1 aliphatic rings. The number of anilines is 2. The van der Waals surface area contributed by atoms with E-state index in [1.165, 1.54) is 6.07 Å². The number of nitrogens with one attached hydrogen (secondary N) is 2. The maximum absolute atomic E-state index is 14.1. The summed E-state index contributed by atoms with van der Waals surface area (Å²) in [4.78, 5) is 28.7. The van der Waals surface area contributed by atoms with E-state index >= 15 is 0 Å². The Morgan fingerprint density at radius 3 is 2.55 bits per heavy atom. The summed E-state index contributed by atoms with van der Waals surface area (Å²) in [7, 11) is 0. The molecule has 2 aromatic rings. The van der Waals surface area contributed by atoms with Crippen LogP contribution in [0.5, 0.6) is 0 Å². The molecule has 154 valence electrons. The highest BCUT2D eigenvalue weighted by Gasteiger charge is 2.29. The molecule has 6 nitrogen and oxygen atoms in total. The van der Waals surface area contributed by atoms with Gasteiger partial charge in [-0.2, -0.15) is 0 Å². The summed E-state index contributed by atoms with van der Waals surface area (Å²) >= 11 is 0. The van der Waals surface area contributed by atoms with Crippen molar-refractivity contribution in [3.63, 3.8) is 0 Å². The number of benzene rings is 2. The average molecular weight is 398 g/mol. The zero-order valence-electron chi connectivity index (χ0n) is 17.0. The molecule has 3 rings (SSSR count). The largest absolute Gasteiger partial charge is 0.365 e. The van der Waals surface area contributed by atoms with Crippen molar-refractivity contribution in [1.29, 1.82) is 0 Å². The minimum Gasteiger partial charge on any atom is -0.365 e. The molecule has 2 aromatic carbocycles. The van der Waals surface area contributed by atoms with Crippen LogP contribution >= 0.6 is 0 Å². The van der Waals surface area contributed by atoms with Crippen molar-refractivity contribution in [3.05, 3.63) is 59.9 Å². The number of urea groups is 1. The molecule has 29 heavy (non-hydrogen) atoms. The van der Waals surface area contributed by atoms with Gasteiger partial charge in [0, 0.05) is 43.0 Å². The standard InChI is InChI=1S/C22H27FN4O2/c1-15(2)24-22(29)25-18-8-6-7-17(13-18)21(28)27-12-11-26(14-16(27)3)20-10-5-4-9-19(20)23/h4-10,13,15-16H,11-12,14H2,1-3H3,(H2,24,25,29)/t16-/m0/s1. The molecule has 1 aliphatic heterocycles. The first-order valence-electron chi connectivity index (χ1n) is 9.83. The Morgan fingerprint density at radius 2 is 1.86 bits per heavy atom. The van der Waals surface area contributed by atoms with Crippen LogP contribution < -0.4 is 15.5 Å². The number of piperazine rings is 1. The summed E-state index contributed by atoms with van der Waals surface area (Å²) in [5, 5.41) is 5.50. The van der Waals surface area contributed by atoms with Crippen LogP contribution in [0.15, 0.2) is 48.5 Å². The second kappa shape index (κ2) is 8.94. The number of rotatable bonds is 4. The fraction of sp³-hybridized carbons (Fsp3) is 0.364. The van der Waals surface area contributed by atoms with E-state index in [4.69, 9.17) is 0 Å². The van der Waals surface area contributed by atoms with Gasteiger partial charge in [-0.25, -0.2) is 9.18 Å². The molecule has 0 aromatic heterocycles. The Bertz CT molecular complexity index is 887. The van der Waals surface area contributed by atoms with Crippen molar-refractivity contribution in [1.82, 2.24) is 10.2 Å². The number of para-hydroxylation sites is 1. The molecule has 1 saturated heterocycles. The van der Waals surface area contributed by atoms with Gasteiger partial charge < -0.3 is 20.4 Å². The lowest BCUT2D eigenvalue weighted by Crippen LogP contribution is -2.54. The molecule has 0 unspecified atom stereocenters. The second-order valence-corrected chi connectivity index (χ2v) is 7.58. The quantitative estimate of drug-likeness (QED) is 0.825. The molecule has 1 heterocycles. The lowest BCUT2D eigenvalue weighted by molar-refractivity contribution is 0.0674.